The Morgan fingerprint density at radius 2 is 1.86 bits per heavy atom. The molecule has 0 atom stereocenters. The number of hydrogen-bond acceptors (Lipinski definition) is 5. The summed E-state index contributed by atoms with van der Waals surface area (Å²) >= 11 is 4.81. The second-order valence-corrected chi connectivity index (χ2v) is 7.71. The summed E-state index contributed by atoms with van der Waals surface area (Å²) in [5.74, 6) is -0.474. The molecule has 150 valence electrons. The molecule has 2 amide bonds. The number of anilines is 2. The van der Waals surface area contributed by atoms with E-state index in [0.717, 1.165) is 15.7 Å². The first kappa shape index (κ1) is 21.0. The molecule has 0 saturated heterocycles. The van der Waals surface area contributed by atoms with Gasteiger partial charge in [-0.15, -0.1) is 11.3 Å². The number of carbonyl (C=O) groups excluding carboxylic acids is 2. The van der Waals surface area contributed by atoms with Crippen molar-refractivity contribution in [3.8, 4) is 11.3 Å². The molecule has 0 aliphatic carbocycles. The lowest BCUT2D eigenvalue weighted by Gasteiger charge is -2.19. The Morgan fingerprint density at radius 3 is 2.55 bits per heavy atom. The molecule has 3 aromatic rings. The highest BCUT2D eigenvalue weighted by Crippen LogP contribution is 2.29. The quantitative estimate of drug-likeness (QED) is 0.458. The van der Waals surface area contributed by atoms with Crippen LogP contribution < -0.4 is 10.2 Å². The summed E-state index contributed by atoms with van der Waals surface area (Å²) < 4.78 is 6.06. The topological polar surface area (TPSA) is 71.5 Å². The van der Waals surface area contributed by atoms with Crippen molar-refractivity contribution in [2.75, 3.05) is 23.4 Å². The molecule has 0 aliphatic rings. The van der Waals surface area contributed by atoms with Gasteiger partial charge in [-0.2, -0.15) is 0 Å². The first-order valence-electron chi connectivity index (χ1n) is 9.09. The van der Waals surface area contributed by atoms with E-state index in [-0.39, 0.29) is 12.6 Å². The Balaban J connectivity index is 1.80. The number of halogens is 1. The van der Waals surface area contributed by atoms with Crippen LogP contribution in [0.15, 0.2) is 58.4 Å². The Kier molecular flexibility index (Phi) is 7.00. The fraction of sp³-hybridized carbons (Fsp3) is 0.190. The van der Waals surface area contributed by atoms with Crippen molar-refractivity contribution in [2.24, 2.45) is 0 Å². The summed E-state index contributed by atoms with van der Waals surface area (Å²) in [4.78, 5) is 31.2. The number of carbonyl (C=O) groups is 2. The minimum absolute atomic E-state index is 0.264. The van der Waals surface area contributed by atoms with Crippen molar-refractivity contribution >= 4 is 50.1 Å². The molecule has 29 heavy (non-hydrogen) atoms. The molecule has 8 heteroatoms. The van der Waals surface area contributed by atoms with Crippen molar-refractivity contribution < 1.29 is 14.3 Å². The molecule has 0 fully saturated rings. The highest BCUT2D eigenvalue weighted by atomic mass is 79.9. The molecule has 0 spiro atoms. The van der Waals surface area contributed by atoms with Crippen LogP contribution in [0.1, 0.15) is 24.2 Å². The van der Waals surface area contributed by atoms with Crippen LogP contribution in [0.3, 0.4) is 0 Å². The molecular weight excluding hydrogens is 454 g/mol. The summed E-state index contributed by atoms with van der Waals surface area (Å²) in [5, 5.41) is 5.30. The van der Waals surface area contributed by atoms with Crippen LogP contribution in [0.25, 0.3) is 11.3 Å². The molecular formula is C21H20BrN3O3S. The van der Waals surface area contributed by atoms with Crippen molar-refractivity contribution in [1.82, 2.24) is 4.98 Å². The third-order valence-corrected chi connectivity index (χ3v) is 5.48. The maximum Gasteiger partial charge on any atom is 0.340 e. The summed E-state index contributed by atoms with van der Waals surface area (Å²) in [6.45, 7) is 4.31. The summed E-state index contributed by atoms with van der Waals surface area (Å²) in [7, 11) is 0. The van der Waals surface area contributed by atoms with E-state index in [1.54, 1.807) is 31.2 Å². The Labute approximate surface area is 181 Å². The number of para-hydroxylation sites is 1. The Hall–Kier alpha value is -2.71. The van der Waals surface area contributed by atoms with E-state index < -0.39 is 5.97 Å². The van der Waals surface area contributed by atoms with Gasteiger partial charge in [0.15, 0.2) is 5.13 Å². The van der Waals surface area contributed by atoms with Crippen LogP contribution in [-0.2, 0) is 4.74 Å². The Bertz CT molecular complexity index is 1000. The minimum atomic E-state index is -0.474. The Morgan fingerprint density at radius 1 is 1.14 bits per heavy atom. The number of thiazole rings is 1. The number of nitrogens with one attached hydrogen (secondary N) is 1. The largest absolute Gasteiger partial charge is 0.462 e. The van der Waals surface area contributed by atoms with Gasteiger partial charge in [0, 0.05) is 22.0 Å². The number of benzene rings is 2. The summed E-state index contributed by atoms with van der Waals surface area (Å²) in [6, 6.07) is 14.3. The highest BCUT2D eigenvalue weighted by Gasteiger charge is 2.20. The predicted octanol–water partition coefficient (Wildman–Crippen LogP) is 5.81. The normalized spacial score (nSPS) is 10.4. The number of urea groups is 1. The van der Waals surface area contributed by atoms with Gasteiger partial charge in [-0.3, -0.25) is 4.90 Å². The highest BCUT2D eigenvalue weighted by molar-refractivity contribution is 9.10. The third-order valence-electron chi connectivity index (χ3n) is 4.09. The number of esters is 1. The average molecular weight is 474 g/mol. The molecule has 0 unspecified atom stereocenters. The van der Waals surface area contributed by atoms with Crippen LogP contribution in [0, 0.1) is 0 Å². The van der Waals surface area contributed by atoms with Crippen LogP contribution in [0.2, 0.25) is 0 Å². The van der Waals surface area contributed by atoms with E-state index in [9.17, 15) is 9.59 Å². The lowest BCUT2D eigenvalue weighted by Crippen LogP contribution is -2.35. The fourth-order valence-corrected chi connectivity index (χ4v) is 3.83. The second kappa shape index (κ2) is 9.67. The fourth-order valence-electron chi connectivity index (χ4n) is 2.67. The zero-order valence-corrected chi connectivity index (χ0v) is 18.4. The minimum Gasteiger partial charge on any atom is -0.462 e. The molecule has 1 heterocycles. The zero-order valence-electron chi connectivity index (χ0n) is 16.0. The monoisotopic (exact) mass is 473 g/mol. The van der Waals surface area contributed by atoms with Gasteiger partial charge in [0.25, 0.3) is 0 Å². The van der Waals surface area contributed by atoms with Crippen LogP contribution in [-0.4, -0.2) is 30.1 Å². The lowest BCUT2D eigenvalue weighted by molar-refractivity contribution is 0.0527. The van der Waals surface area contributed by atoms with Crippen LogP contribution in [0.5, 0.6) is 0 Å². The number of nitrogens with zero attached hydrogens (tertiary/aromatic N) is 2. The number of amides is 2. The predicted molar refractivity (Wildman–Crippen MR) is 120 cm³/mol. The lowest BCUT2D eigenvalue weighted by atomic mass is 10.2. The van der Waals surface area contributed by atoms with Crippen LogP contribution in [0.4, 0.5) is 15.6 Å². The molecule has 0 aliphatic heterocycles. The van der Waals surface area contributed by atoms with Crippen molar-refractivity contribution in [3.05, 3.63) is 63.9 Å². The van der Waals surface area contributed by atoms with Gasteiger partial charge in [-0.1, -0.05) is 40.2 Å². The van der Waals surface area contributed by atoms with E-state index in [4.69, 9.17) is 4.74 Å². The van der Waals surface area contributed by atoms with Gasteiger partial charge in [-0.05, 0) is 38.1 Å². The van der Waals surface area contributed by atoms with Gasteiger partial charge >= 0.3 is 12.0 Å². The van der Waals surface area contributed by atoms with Gasteiger partial charge in [0.05, 0.1) is 23.6 Å². The van der Waals surface area contributed by atoms with E-state index in [2.05, 4.69) is 26.2 Å². The number of rotatable bonds is 6. The van der Waals surface area contributed by atoms with E-state index in [1.165, 1.54) is 16.2 Å². The summed E-state index contributed by atoms with van der Waals surface area (Å²) in [6.07, 6.45) is 0. The van der Waals surface area contributed by atoms with E-state index in [0.29, 0.717) is 22.9 Å². The molecule has 1 N–H and O–H groups in total. The van der Waals surface area contributed by atoms with Crippen LogP contribution >= 0.6 is 27.3 Å². The molecule has 3 rings (SSSR count). The van der Waals surface area contributed by atoms with Gasteiger partial charge in [-0.25, -0.2) is 14.6 Å². The van der Waals surface area contributed by atoms with Crippen molar-refractivity contribution in [3.63, 3.8) is 0 Å². The second-order valence-electron chi connectivity index (χ2n) is 5.96. The first-order chi connectivity index (χ1) is 14.0. The number of aromatic nitrogens is 1. The van der Waals surface area contributed by atoms with Gasteiger partial charge in [0.1, 0.15) is 0 Å². The van der Waals surface area contributed by atoms with E-state index >= 15 is 0 Å². The smallest absolute Gasteiger partial charge is 0.340 e. The molecule has 0 saturated carbocycles. The first-order valence-corrected chi connectivity index (χ1v) is 10.8. The SMILES string of the molecule is CCOC(=O)c1ccccc1NC(=O)N(CC)c1nc(-c2ccc(Br)cc2)cs1. The van der Waals surface area contributed by atoms with E-state index in [1.807, 2.05) is 36.6 Å². The van der Waals surface area contributed by atoms with Crippen molar-refractivity contribution in [2.45, 2.75) is 13.8 Å². The molecule has 0 radical (unpaired) electrons. The van der Waals surface area contributed by atoms with Gasteiger partial charge in [0.2, 0.25) is 0 Å². The van der Waals surface area contributed by atoms with Gasteiger partial charge < -0.3 is 10.1 Å². The molecule has 2 aromatic carbocycles. The summed E-state index contributed by atoms with van der Waals surface area (Å²) in [5.41, 5.74) is 2.49. The molecule has 6 nitrogen and oxygen atoms in total. The third kappa shape index (κ3) is 5.02. The van der Waals surface area contributed by atoms with Crippen molar-refractivity contribution in [1.29, 1.82) is 0 Å². The average Bonchev–Trinajstić information content (AvgIpc) is 3.19. The standard InChI is InChI=1S/C21H20BrN3O3S/c1-3-25(21-24-18(13-29-21)14-9-11-15(22)12-10-14)20(27)23-17-8-6-5-7-16(17)19(26)28-4-2/h5-13H,3-4H2,1-2H3,(H,23,27). The zero-order chi connectivity index (χ0) is 20.8. The number of ether oxygens (including phenoxy) is 1. The maximum absolute atomic E-state index is 12.9. The molecule has 1 aromatic heterocycles. The maximum atomic E-state index is 12.9. The molecule has 0 bridgehead atoms. The number of hydrogen-bond donors (Lipinski definition) is 1.